The third kappa shape index (κ3) is 6.34. The monoisotopic (exact) mass is 562 g/mol. The van der Waals surface area contributed by atoms with Gasteiger partial charge in [-0.15, -0.1) is 0 Å². The highest BCUT2D eigenvalue weighted by Gasteiger charge is 2.28. The van der Waals surface area contributed by atoms with Crippen LogP contribution in [0, 0.1) is 11.3 Å². The highest BCUT2D eigenvalue weighted by atomic mass is 35.5. The van der Waals surface area contributed by atoms with Crippen LogP contribution in [0.3, 0.4) is 0 Å². The van der Waals surface area contributed by atoms with Gasteiger partial charge in [0.2, 0.25) is 5.91 Å². The number of aryl methyl sites for hydroxylation is 1. The molecule has 0 aliphatic carbocycles. The number of nitrogens with one attached hydrogen (secondary N) is 2. The molecule has 2 aromatic carbocycles. The smallest absolute Gasteiger partial charge is 0.258 e. The van der Waals surface area contributed by atoms with E-state index in [4.69, 9.17) is 11.6 Å². The fraction of sp³-hybridized carbons (Fsp3) is 0.452. The molecule has 0 atom stereocenters. The molecule has 2 N–H and O–H groups in total. The van der Waals surface area contributed by atoms with Gasteiger partial charge in [0.1, 0.15) is 5.82 Å². The first-order valence-corrected chi connectivity index (χ1v) is 14.4. The van der Waals surface area contributed by atoms with Gasteiger partial charge in [-0.05, 0) is 74.1 Å². The second-order valence-corrected chi connectivity index (χ2v) is 12.5. The van der Waals surface area contributed by atoms with Crippen molar-refractivity contribution in [1.29, 1.82) is 0 Å². The maximum Gasteiger partial charge on any atom is 0.258 e. The van der Waals surface area contributed by atoms with E-state index in [-0.39, 0.29) is 17.7 Å². The Labute approximate surface area is 241 Å². The largest absolute Gasteiger partial charge is 0.352 e. The van der Waals surface area contributed by atoms with Crippen LogP contribution >= 0.6 is 11.6 Å². The summed E-state index contributed by atoms with van der Waals surface area (Å²) in [6.07, 6.45) is 4.69. The number of benzene rings is 2. The lowest BCUT2D eigenvalue weighted by Gasteiger charge is -2.33. The summed E-state index contributed by atoms with van der Waals surface area (Å²) in [7, 11) is 1.88. The van der Waals surface area contributed by atoms with Crippen molar-refractivity contribution in [1.82, 2.24) is 20.0 Å². The molecule has 0 unspecified atom stereocenters. The molecule has 9 heteroatoms. The Morgan fingerprint density at radius 2 is 1.88 bits per heavy atom. The standard InChI is InChI=1S/C31H39ClN6O2/c1-31(2,3)13-16-37-14-11-21(12-15-37)29(39)33-18-23-10-9-22(17-25(23)32)30(40)38-20-24-19-34-36(4)28(24)35-26-7-5-6-8-27(26)38/h5-10,17,19,21,35H,11-16,18,20H2,1-4H3,(H,33,39). The van der Waals surface area contributed by atoms with Gasteiger partial charge in [-0.2, -0.15) is 5.10 Å². The van der Waals surface area contributed by atoms with Gasteiger partial charge in [-0.3, -0.25) is 14.3 Å². The van der Waals surface area contributed by atoms with Crippen LogP contribution in [-0.4, -0.2) is 46.1 Å². The predicted molar refractivity (Wildman–Crippen MR) is 160 cm³/mol. The number of carbonyl (C=O) groups is 2. The van der Waals surface area contributed by atoms with E-state index in [1.165, 1.54) is 0 Å². The van der Waals surface area contributed by atoms with Gasteiger partial charge >= 0.3 is 0 Å². The van der Waals surface area contributed by atoms with E-state index in [0.29, 0.717) is 29.1 Å². The van der Waals surface area contributed by atoms with Gasteiger partial charge in [0.25, 0.3) is 5.91 Å². The number of rotatable bonds is 6. The zero-order valence-corrected chi connectivity index (χ0v) is 24.6. The van der Waals surface area contributed by atoms with Crippen LogP contribution in [-0.2, 0) is 24.9 Å². The van der Waals surface area contributed by atoms with Gasteiger partial charge in [0.05, 0.1) is 24.1 Å². The number of carbonyl (C=O) groups excluding carboxylic acids is 2. The molecule has 3 aromatic rings. The lowest BCUT2D eigenvalue weighted by Crippen LogP contribution is -2.41. The lowest BCUT2D eigenvalue weighted by atomic mass is 9.90. The summed E-state index contributed by atoms with van der Waals surface area (Å²) in [5.41, 5.74) is 4.17. The molecule has 0 bridgehead atoms. The van der Waals surface area contributed by atoms with Gasteiger partial charge < -0.3 is 20.4 Å². The topological polar surface area (TPSA) is 82.5 Å². The van der Waals surface area contributed by atoms with Crippen LogP contribution in [0.15, 0.2) is 48.7 Å². The van der Waals surface area contributed by atoms with Crippen LogP contribution < -0.4 is 15.5 Å². The molecule has 8 nitrogen and oxygen atoms in total. The Kier molecular flexibility index (Phi) is 8.19. The van der Waals surface area contributed by atoms with Gasteiger partial charge in [-0.25, -0.2) is 0 Å². The van der Waals surface area contributed by atoms with Crippen molar-refractivity contribution in [2.24, 2.45) is 18.4 Å². The van der Waals surface area contributed by atoms with Gasteiger partial charge in [0, 0.05) is 35.7 Å². The molecule has 1 fully saturated rings. The number of aromatic nitrogens is 2. The molecule has 1 aromatic heterocycles. The Balaban J connectivity index is 1.21. The normalized spacial score (nSPS) is 16.1. The maximum atomic E-state index is 13.7. The third-order valence-electron chi connectivity index (χ3n) is 7.93. The van der Waals surface area contributed by atoms with Crippen molar-refractivity contribution in [2.75, 3.05) is 29.9 Å². The number of likely N-dealkylation sites (tertiary alicyclic amines) is 1. The van der Waals surface area contributed by atoms with Crippen molar-refractivity contribution >= 4 is 40.6 Å². The molecule has 2 aliphatic rings. The lowest BCUT2D eigenvalue weighted by molar-refractivity contribution is -0.126. The summed E-state index contributed by atoms with van der Waals surface area (Å²) in [6, 6.07) is 13.1. The summed E-state index contributed by atoms with van der Waals surface area (Å²) in [5.74, 6) is 0.816. The predicted octanol–water partition coefficient (Wildman–Crippen LogP) is 5.74. The maximum absolute atomic E-state index is 13.7. The summed E-state index contributed by atoms with van der Waals surface area (Å²) >= 11 is 6.63. The first-order valence-electron chi connectivity index (χ1n) is 14.1. The van der Waals surface area contributed by atoms with E-state index in [2.05, 4.69) is 41.4 Å². The van der Waals surface area contributed by atoms with E-state index >= 15 is 0 Å². The number of hydrogen-bond donors (Lipinski definition) is 2. The highest BCUT2D eigenvalue weighted by Crippen LogP contribution is 2.36. The Bertz CT molecular complexity index is 1390. The number of fused-ring (bicyclic) bond motifs is 2. The molecule has 212 valence electrons. The Morgan fingerprint density at radius 3 is 2.60 bits per heavy atom. The van der Waals surface area contributed by atoms with E-state index in [0.717, 1.165) is 67.2 Å². The number of hydrogen-bond acceptors (Lipinski definition) is 5. The second-order valence-electron chi connectivity index (χ2n) is 12.1. The van der Waals surface area contributed by atoms with Crippen molar-refractivity contribution in [3.05, 3.63) is 70.4 Å². The van der Waals surface area contributed by atoms with E-state index in [1.54, 1.807) is 27.9 Å². The van der Waals surface area contributed by atoms with Crippen LogP contribution in [0.25, 0.3) is 0 Å². The molecule has 0 spiro atoms. The van der Waals surface area contributed by atoms with Gasteiger partial charge in [0.15, 0.2) is 0 Å². The number of halogens is 1. The molecular weight excluding hydrogens is 524 g/mol. The summed E-state index contributed by atoms with van der Waals surface area (Å²) in [6.45, 7) is 10.5. The fourth-order valence-corrected chi connectivity index (χ4v) is 5.60. The van der Waals surface area contributed by atoms with Gasteiger partial charge in [-0.1, -0.05) is 50.6 Å². The van der Waals surface area contributed by atoms with E-state index < -0.39 is 0 Å². The third-order valence-corrected chi connectivity index (χ3v) is 8.28. The van der Waals surface area contributed by atoms with Crippen LogP contribution in [0.2, 0.25) is 5.02 Å². The number of para-hydroxylation sites is 2. The first kappa shape index (κ1) is 28.2. The van der Waals surface area contributed by atoms with Crippen molar-refractivity contribution in [3.63, 3.8) is 0 Å². The minimum Gasteiger partial charge on any atom is -0.352 e. The number of nitrogens with zero attached hydrogens (tertiary/aromatic N) is 4. The highest BCUT2D eigenvalue weighted by molar-refractivity contribution is 6.32. The molecule has 0 radical (unpaired) electrons. The minimum atomic E-state index is -0.151. The second kappa shape index (κ2) is 11.6. The molecule has 1 saturated heterocycles. The zero-order valence-electron chi connectivity index (χ0n) is 23.8. The summed E-state index contributed by atoms with van der Waals surface area (Å²) < 4.78 is 1.77. The average molecular weight is 563 g/mol. The fourth-order valence-electron chi connectivity index (χ4n) is 5.36. The minimum absolute atomic E-state index is 0.0274. The molecule has 0 saturated carbocycles. The quantitative estimate of drug-likeness (QED) is 0.400. The van der Waals surface area contributed by atoms with Crippen molar-refractivity contribution in [3.8, 4) is 0 Å². The van der Waals surface area contributed by atoms with Crippen molar-refractivity contribution in [2.45, 2.75) is 53.1 Å². The molecule has 40 heavy (non-hydrogen) atoms. The first-order chi connectivity index (χ1) is 19.1. The van der Waals surface area contributed by atoms with Crippen LogP contribution in [0.1, 0.15) is 61.5 Å². The molecule has 5 rings (SSSR count). The Hall–Kier alpha value is -3.36. The average Bonchev–Trinajstić information content (AvgIpc) is 3.18. The van der Waals surface area contributed by atoms with Crippen LogP contribution in [0.4, 0.5) is 17.2 Å². The molecule has 2 aliphatic heterocycles. The van der Waals surface area contributed by atoms with Crippen LogP contribution in [0.5, 0.6) is 0 Å². The molecule has 3 heterocycles. The zero-order chi connectivity index (χ0) is 28.4. The van der Waals surface area contributed by atoms with E-state index in [1.807, 2.05) is 37.4 Å². The molecule has 2 amide bonds. The SMILES string of the molecule is Cn1ncc2c1Nc1ccccc1N(C(=O)c1ccc(CNC(=O)C3CCN(CCC(C)(C)C)CC3)c(Cl)c1)C2. The van der Waals surface area contributed by atoms with Crippen molar-refractivity contribution < 1.29 is 9.59 Å². The van der Waals surface area contributed by atoms with E-state index in [9.17, 15) is 9.59 Å². The summed E-state index contributed by atoms with van der Waals surface area (Å²) in [4.78, 5) is 30.8. The number of piperidine rings is 1. The molecular formula is C31H39ClN6O2. The Morgan fingerprint density at radius 1 is 1.12 bits per heavy atom. The number of amides is 2. The number of anilines is 3. The summed E-state index contributed by atoms with van der Waals surface area (Å²) in [5, 5.41) is 11.3.